The van der Waals surface area contributed by atoms with Gasteiger partial charge in [-0.15, -0.1) is 0 Å². The lowest BCUT2D eigenvalue weighted by molar-refractivity contribution is 0.864. The van der Waals surface area contributed by atoms with Crippen LogP contribution in [0.15, 0.2) is 36.8 Å². The van der Waals surface area contributed by atoms with Gasteiger partial charge in [0.2, 0.25) is 5.95 Å². The Morgan fingerprint density at radius 2 is 2.00 bits per heavy atom. The number of aromatic nitrogens is 3. The summed E-state index contributed by atoms with van der Waals surface area (Å²) in [5, 5.41) is 0. The van der Waals surface area contributed by atoms with Gasteiger partial charge in [-0.05, 0) is 24.6 Å². The average molecular weight is 173 g/mol. The van der Waals surface area contributed by atoms with Crippen molar-refractivity contribution in [2.24, 2.45) is 0 Å². The Hall–Kier alpha value is -1.64. The van der Waals surface area contributed by atoms with Crippen LogP contribution in [0.1, 0.15) is 12.6 Å². The smallest absolute Gasteiger partial charge is 0.233 e. The zero-order valence-electron chi connectivity index (χ0n) is 7.51. The predicted molar refractivity (Wildman–Crippen MR) is 50.7 cm³/mol. The van der Waals surface area contributed by atoms with Crippen LogP contribution >= 0.6 is 0 Å². The molecule has 13 heavy (non-hydrogen) atoms. The van der Waals surface area contributed by atoms with Crippen molar-refractivity contribution < 1.29 is 0 Å². The molecule has 0 saturated heterocycles. The number of nitrogens with zero attached hydrogens (tertiary/aromatic N) is 3. The molecule has 66 valence electrons. The van der Waals surface area contributed by atoms with Crippen LogP contribution in [0.3, 0.4) is 0 Å². The second-order valence-corrected chi connectivity index (χ2v) is 2.77. The first-order chi connectivity index (χ1) is 6.42. The number of rotatable bonds is 2. The first kappa shape index (κ1) is 7.98. The van der Waals surface area contributed by atoms with Crippen molar-refractivity contribution in [2.75, 3.05) is 0 Å². The van der Waals surface area contributed by atoms with Gasteiger partial charge in [-0.25, -0.2) is 9.97 Å². The molecule has 0 aliphatic carbocycles. The van der Waals surface area contributed by atoms with Crippen LogP contribution in [0.25, 0.3) is 5.95 Å². The molecule has 0 unspecified atom stereocenters. The summed E-state index contributed by atoms with van der Waals surface area (Å²) in [6.45, 7) is 2.12. The van der Waals surface area contributed by atoms with Crippen molar-refractivity contribution >= 4 is 0 Å². The highest BCUT2D eigenvalue weighted by Gasteiger charge is 2.01. The molecule has 0 N–H and O–H groups in total. The van der Waals surface area contributed by atoms with Gasteiger partial charge < -0.3 is 0 Å². The van der Waals surface area contributed by atoms with E-state index in [2.05, 4.69) is 23.0 Å². The lowest BCUT2D eigenvalue weighted by Gasteiger charge is -2.03. The summed E-state index contributed by atoms with van der Waals surface area (Å²) < 4.78 is 2.00. The molecule has 0 aromatic carbocycles. The summed E-state index contributed by atoms with van der Waals surface area (Å²) in [6.07, 6.45) is 6.48. The first-order valence-corrected chi connectivity index (χ1v) is 4.35. The van der Waals surface area contributed by atoms with Gasteiger partial charge in [0.15, 0.2) is 0 Å². The molecule has 3 nitrogen and oxygen atoms in total. The molecule has 0 atom stereocenters. The standard InChI is InChI=1S/C10H11N3/c1-2-9-5-3-8-13(9)10-11-6-4-7-12-10/h3-8H,2H2,1H3. The van der Waals surface area contributed by atoms with Gasteiger partial charge in [0.25, 0.3) is 0 Å². The Morgan fingerprint density at radius 3 is 2.69 bits per heavy atom. The Morgan fingerprint density at radius 1 is 1.23 bits per heavy atom. The normalized spacial score (nSPS) is 10.2. The second kappa shape index (κ2) is 3.39. The zero-order chi connectivity index (χ0) is 9.10. The van der Waals surface area contributed by atoms with E-state index < -0.39 is 0 Å². The fraction of sp³-hybridized carbons (Fsp3) is 0.200. The van der Waals surface area contributed by atoms with E-state index in [4.69, 9.17) is 0 Å². The Bertz CT molecular complexity index is 378. The molecule has 2 aromatic rings. The van der Waals surface area contributed by atoms with Crippen molar-refractivity contribution in [1.29, 1.82) is 0 Å². The molecule has 0 saturated carbocycles. The van der Waals surface area contributed by atoms with E-state index in [-0.39, 0.29) is 0 Å². The molecule has 0 amide bonds. The maximum atomic E-state index is 4.18. The van der Waals surface area contributed by atoms with Gasteiger partial charge in [-0.1, -0.05) is 6.92 Å². The van der Waals surface area contributed by atoms with E-state index in [9.17, 15) is 0 Å². The molecule has 3 heteroatoms. The summed E-state index contributed by atoms with van der Waals surface area (Å²) in [6, 6.07) is 5.91. The van der Waals surface area contributed by atoms with Crippen LogP contribution in [0.5, 0.6) is 0 Å². The molecule has 0 radical (unpaired) electrons. The number of hydrogen-bond donors (Lipinski definition) is 0. The fourth-order valence-electron chi connectivity index (χ4n) is 1.32. The maximum absolute atomic E-state index is 4.18. The fourth-order valence-corrected chi connectivity index (χ4v) is 1.32. The summed E-state index contributed by atoms with van der Waals surface area (Å²) in [5.74, 6) is 0.740. The van der Waals surface area contributed by atoms with Gasteiger partial charge in [-0.3, -0.25) is 4.57 Å². The van der Waals surface area contributed by atoms with Gasteiger partial charge >= 0.3 is 0 Å². The van der Waals surface area contributed by atoms with Crippen molar-refractivity contribution in [3.63, 3.8) is 0 Å². The van der Waals surface area contributed by atoms with E-state index in [0.29, 0.717) is 0 Å². The van der Waals surface area contributed by atoms with Crippen LogP contribution in [-0.4, -0.2) is 14.5 Å². The Kier molecular flexibility index (Phi) is 2.08. The number of hydrogen-bond acceptors (Lipinski definition) is 2. The molecule has 0 aliphatic rings. The van der Waals surface area contributed by atoms with Crippen LogP contribution < -0.4 is 0 Å². The van der Waals surface area contributed by atoms with Crippen molar-refractivity contribution in [3.8, 4) is 5.95 Å². The summed E-state index contributed by atoms with van der Waals surface area (Å²) >= 11 is 0. The Balaban J connectivity index is 2.47. The highest BCUT2D eigenvalue weighted by atomic mass is 15.1. The lowest BCUT2D eigenvalue weighted by atomic mass is 10.3. The lowest BCUT2D eigenvalue weighted by Crippen LogP contribution is -2.01. The maximum Gasteiger partial charge on any atom is 0.233 e. The highest BCUT2D eigenvalue weighted by Crippen LogP contribution is 2.07. The van der Waals surface area contributed by atoms with E-state index in [1.54, 1.807) is 12.4 Å². The van der Waals surface area contributed by atoms with Crippen LogP contribution in [-0.2, 0) is 6.42 Å². The minimum atomic E-state index is 0.740. The van der Waals surface area contributed by atoms with E-state index >= 15 is 0 Å². The van der Waals surface area contributed by atoms with Gasteiger partial charge in [-0.2, -0.15) is 0 Å². The SMILES string of the molecule is CCc1cccn1-c1ncccn1. The highest BCUT2D eigenvalue weighted by molar-refractivity contribution is 5.20. The minimum Gasteiger partial charge on any atom is -0.290 e. The topological polar surface area (TPSA) is 30.7 Å². The monoisotopic (exact) mass is 173 g/mol. The molecule has 2 rings (SSSR count). The van der Waals surface area contributed by atoms with E-state index in [0.717, 1.165) is 12.4 Å². The van der Waals surface area contributed by atoms with Gasteiger partial charge in [0, 0.05) is 24.3 Å². The zero-order valence-corrected chi connectivity index (χ0v) is 7.51. The molecule has 0 fully saturated rings. The van der Waals surface area contributed by atoms with Crippen LogP contribution in [0.2, 0.25) is 0 Å². The van der Waals surface area contributed by atoms with E-state index in [1.165, 1.54) is 5.69 Å². The third kappa shape index (κ3) is 1.45. The number of aryl methyl sites for hydroxylation is 1. The Labute approximate surface area is 77.1 Å². The minimum absolute atomic E-state index is 0.740. The molecule has 0 bridgehead atoms. The third-order valence-corrected chi connectivity index (χ3v) is 1.96. The predicted octanol–water partition coefficient (Wildman–Crippen LogP) is 1.83. The molecular formula is C10H11N3. The summed E-state index contributed by atoms with van der Waals surface area (Å²) in [5.41, 5.74) is 1.23. The molecular weight excluding hydrogens is 162 g/mol. The summed E-state index contributed by atoms with van der Waals surface area (Å²) in [4.78, 5) is 8.36. The van der Waals surface area contributed by atoms with Crippen molar-refractivity contribution in [1.82, 2.24) is 14.5 Å². The van der Waals surface area contributed by atoms with E-state index in [1.807, 2.05) is 22.9 Å². The van der Waals surface area contributed by atoms with Crippen molar-refractivity contribution in [2.45, 2.75) is 13.3 Å². The quantitative estimate of drug-likeness (QED) is 0.693. The average Bonchev–Trinajstić information content (AvgIpc) is 2.67. The first-order valence-electron chi connectivity index (χ1n) is 4.35. The second-order valence-electron chi connectivity index (χ2n) is 2.77. The van der Waals surface area contributed by atoms with Gasteiger partial charge in [0.1, 0.15) is 0 Å². The van der Waals surface area contributed by atoms with Crippen LogP contribution in [0, 0.1) is 0 Å². The summed E-state index contributed by atoms with van der Waals surface area (Å²) in [7, 11) is 0. The molecule has 2 aromatic heterocycles. The molecule has 0 aliphatic heterocycles. The molecule has 0 spiro atoms. The largest absolute Gasteiger partial charge is 0.290 e. The molecule has 2 heterocycles. The van der Waals surface area contributed by atoms with Crippen molar-refractivity contribution in [3.05, 3.63) is 42.5 Å². The van der Waals surface area contributed by atoms with Crippen LogP contribution in [0.4, 0.5) is 0 Å². The third-order valence-electron chi connectivity index (χ3n) is 1.96. The van der Waals surface area contributed by atoms with Gasteiger partial charge in [0.05, 0.1) is 0 Å².